The molecule has 0 bridgehead atoms. The van der Waals surface area contributed by atoms with Gasteiger partial charge in [0.15, 0.2) is 5.78 Å². The fourth-order valence-electron chi connectivity index (χ4n) is 2.61. The summed E-state index contributed by atoms with van der Waals surface area (Å²) in [5, 5.41) is 29.5. The van der Waals surface area contributed by atoms with E-state index >= 15 is 0 Å². The number of unbranched alkanes of at least 4 members (excludes halogenated alkanes) is 1. The van der Waals surface area contributed by atoms with Crippen LogP contribution in [0, 0.1) is 20.2 Å². The standard InChI is InChI=1S/C13H6N2O5.C5H10O2/c16-13-11-5-7(14(17)18)1-3-9(11)10-4-2-8(15(19)20)6-12(10)13;1-2-3-4-5(6)7/h1-6H;2-4H2,1H3,(H,6,7). The molecule has 1 aliphatic rings. The van der Waals surface area contributed by atoms with Gasteiger partial charge < -0.3 is 5.11 Å². The number of carboxylic acid groups (broad SMARTS) is 1. The van der Waals surface area contributed by atoms with Crippen molar-refractivity contribution in [1.82, 2.24) is 0 Å². The summed E-state index contributed by atoms with van der Waals surface area (Å²) >= 11 is 0. The number of non-ortho nitro benzene ring substituents is 2. The number of benzene rings is 2. The molecule has 9 heteroatoms. The quantitative estimate of drug-likeness (QED) is 0.527. The van der Waals surface area contributed by atoms with Gasteiger partial charge in [-0.25, -0.2) is 0 Å². The van der Waals surface area contributed by atoms with Gasteiger partial charge in [0.05, 0.1) is 9.85 Å². The Morgan fingerprint density at radius 2 is 1.37 bits per heavy atom. The molecule has 2 aromatic rings. The number of carbonyl (C=O) groups excluding carboxylic acids is 1. The molecule has 0 aromatic heterocycles. The number of nitro groups is 2. The summed E-state index contributed by atoms with van der Waals surface area (Å²) in [6.45, 7) is 1.98. The first-order valence-corrected chi connectivity index (χ1v) is 8.10. The number of aliphatic carboxylic acids is 1. The van der Waals surface area contributed by atoms with E-state index in [2.05, 4.69) is 0 Å². The molecule has 1 aliphatic carbocycles. The molecule has 0 amide bonds. The van der Waals surface area contributed by atoms with Crippen molar-refractivity contribution >= 4 is 23.1 Å². The molecule has 0 radical (unpaired) electrons. The molecule has 0 saturated carbocycles. The zero-order chi connectivity index (χ0) is 20.1. The van der Waals surface area contributed by atoms with E-state index in [1.54, 1.807) is 0 Å². The highest BCUT2D eigenvalue weighted by Gasteiger charge is 2.30. The van der Waals surface area contributed by atoms with Crippen LogP contribution in [0.5, 0.6) is 0 Å². The lowest BCUT2D eigenvalue weighted by molar-refractivity contribution is -0.385. The molecule has 0 spiro atoms. The Morgan fingerprint density at radius 1 is 0.926 bits per heavy atom. The highest BCUT2D eigenvalue weighted by atomic mass is 16.6. The van der Waals surface area contributed by atoms with Crippen LogP contribution in [0.3, 0.4) is 0 Å². The number of carbonyl (C=O) groups is 2. The second kappa shape index (κ2) is 8.17. The van der Waals surface area contributed by atoms with E-state index in [-0.39, 0.29) is 22.5 Å². The summed E-state index contributed by atoms with van der Waals surface area (Å²) in [5.41, 5.74) is 1.17. The van der Waals surface area contributed by atoms with Crippen LogP contribution in [-0.2, 0) is 4.79 Å². The topological polar surface area (TPSA) is 141 Å². The number of hydrogen-bond donors (Lipinski definition) is 1. The molecule has 0 atom stereocenters. The number of nitrogens with zero attached hydrogens (tertiary/aromatic N) is 2. The maximum Gasteiger partial charge on any atom is 0.303 e. The van der Waals surface area contributed by atoms with E-state index in [0.717, 1.165) is 12.8 Å². The van der Waals surface area contributed by atoms with Gasteiger partial charge in [-0.2, -0.15) is 0 Å². The normalized spacial score (nSPS) is 11.1. The number of carboxylic acids is 1. The van der Waals surface area contributed by atoms with E-state index in [1.165, 1.54) is 36.4 Å². The van der Waals surface area contributed by atoms with E-state index in [0.29, 0.717) is 17.5 Å². The number of rotatable bonds is 5. The number of hydrogen-bond acceptors (Lipinski definition) is 6. The largest absolute Gasteiger partial charge is 0.481 e. The summed E-state index contributed by atoms with van der Waals surface area (Å²) < 4.78 is 0. The Labute approximate surface area is 153 Å². The van der Waals surface area contributed by atoms with Gasteiger partial charge >= 0.3 is 5.97 Å². The zero-order valence-electron chi connectivity index (χ0n) is 14.4. The fraction of sp³-hybridized carbons (Fsp3) is 0.222. The third kappa shape index (κ3) is 4.32. The minimum Gasteiger partial charge on any atom is -0.481 e. The van der Waals surface area contributed by atoms with Crippen LogP contribution >= 0.6 is 0 Å². The summed E-state index contributed by atoms with van der Waals surface area (Å²) in [4.78, 5) is 42.2. The van der Waals surface area contributed by atoms with Crippen LogP contribution in [0.2, 0.25) is 0 Å². The van der Waals surface area contributed by atoms with Crippen LogP contribution in [0.25, 0.3) is 11.1 Å². The lowest BCUT2D eigenvalue weighted by atomic mass is 10.1. The van der Waals surface area contributed by atoms with E-state index < -0.39 is 21.6 Å². The van der Waals surface area contributed by atoms with E-state index in [1.807, 2.05) is 6.92 Å². The second-order valence-corrected chi connectivity index (χ2v) is 5.80. The van der Waals surface area contributed by atoms with Crippen LogP contribution in [0.1, 0.15) is 42.1 Å². The smallest absolute Gasteiger partial charge is 0.303 e. The fourth-order valence-corrected chi connectivity index (χ4v) is 2.61. The Hall–Kier alpha value is -3.62. The van der Waals surface area contributed by atoms with Crippen LogP contribution in [-0.4, -0.2) is 26.7 Å². The van der Waals surface area contributed by atoms with Crippen molar-refractivity contribution in [2.75, 3.05) is 0 Å². The maximum absolute atomic E-state index is 12.2. The van der Waals surface area contributed by atoms with Gasteiger partial charge in [-0.1, -0.05) is 13.3 Å². The van der Waals surface area contributed by atoms with Crippen molar-refractivity contribution in [2.45, 2.75) is 26.2 Å². The molecule has 2 aromatic carbocycles. The molecule has 3 rings (SSSR count). The summed E-state index contributed by atoms with van der Waals surface area (Å²) in [7, 11) is 0. The Morgan fingerprint density at radius 3 is 1.67 bits per heavy atom. The molecule has 0 fully saturated rings. The first-order chi connectivity index (χ1) is 12.8. The van der Waals surface area contributed by atoms with Crippen LogP contribution in [0.4, 0.5) is 11.4 Å². The zero-order valence-corrected chi connectivity index (χ0v) is 14.4. The Bertz CT molecular complexity index is 872. The molecular weight excluding hydrogens is 356 g/mol. The third-order valence-electron chi connectivity index (χ3n) is 3.95. The number of ketones is 1. The van der Waals surface area contributed by atoms with Gasteiger partial charge in [-0.05, 0) is 29.7 Å². The lowest BCUT2D eigenvalue weighted by Gasteiger charge is -1.99. The Balaban J connectivity index is 0.000000321. The summed E-state index contributed by atoms with van der Waals surface area (Å²) in [6.07, 6.45) is 2.08. The average Bonchev–Trinajstić information content (AvgIpc) is 2.92. The molecule has 0 unspecified atom stereocenters. The summed E-state index contributed by atoms with van der Waals surface area (Å²) in [6, 6.07) is 7.99. The van der Waals surface area contributed by atoms with Gasteiger partial charge in [-0.3, -0.25) is 29.8 Å². The summed E-state index contributed by atoms with van der Waals surface area (Å²) in [5.74, 6) is -1.12. The molecule has 0 saturated heterocycles. The van der Waals surface area contributed by atoms with Crippen LogP contribution in [0.15, 0.2) is 36.4 Å². The molecule has 0 heterocycles. The number of fused-ring (bicyclic) bond motifs is 3. The monoisotopic (exact) mass is 372 g/mol. The van der Waals surface area contributed by atoms with Crippen molar-refractivity contribution in [3.05, 3.63) is 67.8 Å². The molecule has 1 N–H and O–H groups in total. The molecule has 140 valence electrons. The van der Waals surface area contributed by atoms with Crippen molar-refractivity contribution in [3.63, 3.8) is 0 Å². The molecule has 27 heavy (non-hydrogen) atoms. The maximum atomic E-state index is 12.2. The van der Waals surface area contributed by atoms with Gasteiger partial charge in [0.25, 0.3) is 11.4 Å². The molecule has 0 aliphatic heterocycles. The highest BCUT2D eigenvalue weighted by molar-refractivity contribution is 6.22. The third-order valence-corrected chi connectivity index (χ3v) is 3.95. The van der Waals surface area contributed by atoms with Gasteiger partial charge in [0.2, 0.25) is 0 Å². The van der Waals surface area contributed by atoms with E-state index in [9.17, 15) is 29.8 Å². The van der Waals surface area contributed by atoms with Crippen molar-refractivity contribution in [3.8, 4) is 11.1 Å². The van der Waals surface area contributed by atoms with Crippen LogP contribution < -0.4 is 0 Å². The van der Waals surface area contributed by atoms with Gasteiger partial charge in [0.1, 0.15) is 0 Å². The van der Waals surface area contributed by atoms with Gasteiger partial charge in [-0.15, -0.1) is 0 Å². The van der Waals surface area contributed by atoms with Crippen molar-refractivity contribution in [2.24, 2.45) is 0 Å². The molecular formula is C18H16N2O7. The predicted molar refractivity (Wildman–Crippen MR) is 95.8 cm³/mol. The minimum atomic E-state index is -0.693. The highest BCUT2D eigenvalue weighted by Crippen LogP contribution is 2.39. The van der Waals surface area contributed by atoms with E-state index in [4.69, 9.17) is 5.11 Å². The SMILES string of the molecule is CCCCC(=O)O.O=C1c2cc([N+](=O)[O-])ccc2-c2ccc([N+](=O)[O-])cc21. The van der Waals surface area contributed by atoms with Crippen molar-refractivity contribution in [1.29, 1.82) is 0 Å². The van der Waals surface area contributed by atoms with Gasteiger partial charge in [0, 0.05) is 41.8 Å². The average molecular weight is 372 g/mol. The second-order valence-electron chi connectivity index (χ2n) is 5.80. The Kier molecular flexibility index (Phi) is 5.96. The first-order valence-electron chi connectivity index (χ1n) is 8.10. The van der Waals surface area contributed by atoms with Crippen molar-refractivity contribution < 1.29 is 24.5 Å². The molecule has 9 nitrogen and oxygen atoms in total. The number of nitro benzene ring substituents is 2. The lowest BCUT2D eigenvalue weighted by Crippen LogP contribution is -1.97. The predicted octanol–water partition coefficient (Wildman–Crippen LogP) is 3.98. The minimum absolute atomic E-state index is 0.181. The first kappa shape index (κ1) is 19.7.